The summed E-state index contributed by atoms with van der Waals surface area (Å²) >= 11 is 0. The lowest BCUT2D eigenvalue weighted by Gasteiger charge is -2.50. The van der Waals surface area contributed by atoms with Crippen molar-refractivity contribution in [1.82, 2.24) is 9.80 Å². The molecule has 1 saturated heterocycles. The zero-order valence-electron chi connectivity index (χ0n) is 12.8. The van der Waals surface area contributed by atoms with Gasteiger partial charge >= 0.3 is 0 Å². The van der Waals surface area contributed by atoms with Crippen LogP contribution in [0.25, 0.3) is 0 Å². The normalized spacial score (nSPS) is 25.6. The summed E-state index contributed by atoms with van der Waals surface area (Å²) in [6, 6.07) is 0. The lowest BCUT2D eigenvalue weighted by atomic mass is 9.74. The Hall–Kier alpha value is -0.160. The molecule has 2 fully saturated rings. The average Bonchev–Trinajstić information content (AvgIpc) is 2.34. The van der Waals surface area contributed by atoms with Gasteiger partial charge in [0.15, 0.2) is 0 Å². The van der Waals surface area contributed by atoms with Crippen LogP contribution >= 0.6 is 0 Å². The van der Waals surface area contributed by atoms with Gasteiger partial charge in [0.1, 0.15) is 0 Å². The molecule has 19 heavy (non-hydrogen) atoms. The van der Waals surface area contributed by atoms with Crippen molar-refractivity contribution in [3.63, 3.8) is 0 Å². The molecule has 2 aliphatic rings. The Bertz CT molecular complexity index is 284. The molecule has 0 aromatic rings. The summed E-state index contributed by atoms with van der Waals surface area (Å²) < 4.78 is 5.44. The van der Waals surface area contributed by atoms with E-state index in [2.05, 4.69) is 30.9 Å². The third kappa shape index (κ3) is 3.30. The molecule has 1 heterocycles. The molecule has 1 N–H and O–H groups in total. The van der Waals surface area contributed by atoms with Crippen LogP contribution in [0.5, 0.6) is 0 Å². The van der Waals surface area contributed by atoms with Crippen LogP contribution in [0.3, 0.4) is 0 Å². The highest BCUT2D eigenvalue weighted by Crippen LogP contribution is 2.38. The first kappa shape index (κ1) is 15.2. The quantitative estimate of drug-likeness (QED) is 0.786. The summed E-state index contributed by atoms with van der Waals surface area (Å²) in [7, 11) is 6.60. The molecule has 0 unspecified atom stereocenters. The van der Waals surface area contributed by atoms with Crippen molar-refractivity contribution in [3.8, 4) is 0 Å². The maximum absolute atomic E-state index is 9.78. The average molecular weight is 270 g/mol. The summed E-state index contributed by atoms with van der Waals surface area (Å²) in [5.74, 6) is 0. The maximum Gasteiger partial charge on any atom is 0.0501 e. The standard InChI is InChI=1S/C15H30N2O2/c1-16(2)15(5-4-6-15)12-17(3)11-14(13-18)7-9-19-10-8-14/h18H,4-13H2,1-3H3. The summed E-state index contributed by atoms with van der Waals surface area (Å²) in [5.41, 5.74) is 0.431. The van der Waals surface area contributed by atoms with E-state index in [-0.39, 0.29) is 12.0 Å². The largest absolute Gasteiger partial charge is 0.396 e. The Morgan fingerprint density at radius 2 is 1.63 bits per heavy atom. The predicted molar refractivity (Wildman–Crippen MR) is 77.3 cm³/mol. The van der Waals surface area contributed by atoms with Crippen molar-refractivity contribution >= 4 is 0 Å². The molecular formula is C15H30N2O2. The van der Waals surface area contributed by atoms with Gasteiger partial charge in [-0.2, -0.15) is 0 Å². The molecule has 1 aliphatic carbocycles. The lowest BCUT2D eigenvalue weighted by molar-refractivity contribution is -0.0445. The van der Waals surface area contributed by atoms with Gasteiger partial charge in [0.2, 0.25) is 0 Å². The molecule has 1 saturated carbocycles. The van der Waals surface area contributed by atoms with Gasteiger partial charge in [0.05, 0.1) is 6.61 Å². The molecule has 0 aromatic heterocycles. The zero-order chi connectivity index (χ0) is 13.9. The molecule has 4 heteroatoms. The van der Waals surface area contributed by atoms with Crippen molar-refractivity contribution in [2.24, 2.45) is 5.41 Å². The monoisotopic (exact) mass is 270 g/mol. The van der Waals surface area contributed by atoms with Crippen molar-refractivity contribution in [2.75, 3.05) is 54.1 Å². The second-order valence-electron chi connectivity index (χ2n) is 6.92. The molecule has 2 rings (SSSR count). The van der Waals surface area contributed by atoms with Crippen molar-refractivity contribution < 1.29 is 9.84 Å². The van der Waals surface area contributed by atoms with Crippen molar-refractivity contribution in [1.29, 1.82) is 0 Å². The number of hydrogen-bond acceptors (Lipinski definition) is 4. The predicted octanol–water partition coefficient (Wildman–Crippen LogP) is 1.19. The highest BCUT2D eigenvalue weighted by Gasteiger charge is 2.41. The Kier molecular flexibility index (Phi) is 4.88. The van der Waals surface area contributed by atoms with Crippen LogP contribution in [0.15, 0.2) is 0 Å². The van der Waals surface area contributed by atoms with E-state index in [0.717, 1.165) is 39.1 Å². The van der Waals surface area contributed by atoms with Gasteiger partial charge < -0.3 is 19.6 Å². The van der Waals surface area contributed by atoms with E-state index in [0.29, 0.717) is 5.54 Å². The highest BCUT2D eigenvalue weighted by atomic mass is 16.5. The number of aliphatic hydroxyl groups is 1. The third-order valence-corrected chi connectivity index (χ3v) is 5.29. The second kappa shape index (κ2) is 6.08. The molecule has 0 spiro atoms. The molecule has 0 radical (unpaired) electrons. The first-order chi connectivity index (χ1) is 9.02. The third-order valence-electron chi connectivity index (χ3n) is 5.29. The number of ether oxygens (including phenoxy) is 1. The van der Waals surface area contributed by atoms with Crippen LogP contribution in [0.2, 0.25) is 0 Å². The molecule has 0 atom stereocenters. The second-order valence-corrected chi connectivity index (χ2v) is 6.92. The highest BCUT2D eigenvalue weighted by molar-refractivity contribution is 4.98. The first-order valence-corrected chi connectivity index (χ1v) is 7.57. The minimum absolute atomic E-state index is 0.0598. The number of hydrogen-bond donors (Lipinski definition) is 1. The smallest absolute Gasteiger partial charge is 0.0501 e. The van der Waals surface area contributed by atoms with Crippen LogP contribution in [0, 0.1) is 5.41 Å². The molecule has 1 aliphatic heterocycles. The fourth-order valence-corrected chi connectivity index (χ4v) is 3.63. The van der Waals surface area contributed by atoms with Gasteiger partial charge in [0, 0.05) is 37.3 Å². The Balaban J connectivity index is 1.90. The van der Waals surface area contributed by atoms with E-state index < -0.39 is 0 Å². The SMILES string of the molecule is CN(CC1(CO)CCOCC1)CC1(N(C)C)CCC1. The molecule has 0 bridgehead atoms. The summed E-state index contributed by atoms with van der Waals surface area (Å²) in [5, 5.41) is 9.78. The lowest BCUT2D eigenvalue weighted by Crippen LogP contribution is -2.58. The van der Waals surface area contributed by atoms with Gasteiger partial charge in [-0.05, 0) is 53.2 Å². The van der Waals surface area contributed by atoms with Gasteiger partial charge in [-0.15, -0.1) is 0 Å². The Labute approximate surface area is 117 Å². The maximum atomic E-state index is 9.78. The van der Waals surface area contributed by atoms with E-state index in [4.69, 9.17) is 4.74 Å². The minimum Gasteiger partial charge on any atom is -0.396 e. The van der Waals surface area contributed by atoms with Gasteiger partial charge in [-0.3, -0.25) is 0 Å². The number of likely N-dealkylation sites (N-methyl/N-ethyl adjacent to an activating group) is 2. The van der Waals surface area contributed by atoms with Crippen molar-refractivity contribution in [2.45, 2.75) is 37.6 Å². The number of rotatable bonds is 6. The van der Waals surface area contributed by atoms with Crippen LogP contribution < -0.4 is 0 Å². The Morgan fingerprint density at radius 3 is 2.05 bits per heavy atom. The van der Waals surface area contributed by atoms with Gasteiger partial charge in [-0.25, -0.2) is 0 Å². The van der Waals surface area contributed by atoms with Gasteiger partial charge in [0.25, 0.3) is 0 Å². The summed E-state index contributed by atoms with van der Waals surface area (Å²) in [6.07, 6.45) is 5.94. The van der Waals surface area contributed by atoms with E-state index in [1.54, 1.807) is 0 Å². The summed E-state index contributed by atoms with van der Waals surface area (Å²) in [6.45, 7) is 3.99. The molecule has 0 aromatic carbocycles. The van der Waals surface area contributed by atoms with Crippen LogP contribution in [-0.4, -0.2) is 74.5 Å². The van der Waals surface area contributed by atoms with E-state index in [9.17, 15) is 5.11 Å². The summed E-state index contributed by atoms with van der Waals surface area (Å²) in [4.78, 5) is 4.82. The van der Waals surface area contributed by atoms with Gasteiger partial charge in [-0.1, -0.05) is 0 Å². The molecule has 112 valence electrons. The minimum atomic E-state index is 0.0598. The molecule has 0 amide bonds. The van der Waals surface area contributed by atoms with Crippen LogP contribution in [0.1, 0.15) is 32.1 Å². The first-order valence-electron chi connectivity index (χ1n) is 7.57. The fourth-order valence-electron chi connectivity index (χ4n) is 3.63. The molecular weight excluding hydrogens is 240 g/mol. The zero-order valence-corrected chi connectivity index (χ0v) is 12.8. The van der Waals surface area contributed by atoms with E-state index in [1.807, 2.05) is 0 Å². The fraction of sp³-hybridized carbons (Fsp3) is 1.00. The van der Waals surface area contributed by atoms with Crippen molar-refractivity contribution in [3.05, 3.63) is 0 Å². The topological polar surface area (TPSA) is 35.9 Å². The van der Waals surface area contributed by atoms with E-state index >= 15 is 0 Å². The van der Waals surface area contributed by atoms with Crippen LogP contribution in [0.4, 0.5) is 0 Å². The van der Waals surface area contributed by atoms with Crippen LogP contribution in [-0.2, 0) is 4.74 Å². The Morgan fingerprint density at radius 1 is 1.00 bits per heavy atom. The molecule has 4 nitrogen and oxygen atoms in total. The number of nitrogens with zero attached hydrogens (tertiary/aromatic N) is 2. The number of aliphatic hydroxyl groups excluding tert-OH is 1. The van der Waals surface area contributed by atoms with E-state index in [1.165, 1.54) is 19.3 Å².